The van der Waals surface area contributed by atoms with Crippen LogP contribution in [0.5, 0.6) is 11.5 Å². The molecule has 2 heterocycles. The Morgan fingerprint density at radius 2 is 1.38 bits per heavy atom. The first-order valence-corrected chi connectivity index (χ1v) is 21.3. The van der Waals surface area contributed by atoms with Crippen LogP contribution < -0.4 is 41.4 Å². The maximum absolute atomic E-state index is 13.3. The van der Waals surface area contributed by atoms with Crippen molar-refractivity contribution in [2.45, 2.75) is 32.2 Å². The molecule has 2 aromatic heterocycles. The lowest BCUT2D eigenvalue weighted by Gasteiger charge is -2.19. The first kappa shape index (κ1) is 51.4. The molecule has 354 valence electrons. The van der Waals surface area contributed by atoms with Gasteiger partial charge in [-0.05, 0) is 30.5 Å². The Morgan fingerprint density at radius 3 is 2.08 bits per heavy atom. The smallest absolute Gasteiger partial charge is 0.246 e. The SMILES string of the molecule is CCCOCCOCCOCCOCC(=O)NCC(=O)NCC(=O)N[C@@H](Cc1ccccc1)C(=O)NCC(=O)NCCCOc1cccc(OC)c1-c1cc(Nc2cnc(C#N)cn2)n[nH]1. The van der Waals surface area contributed by atoms with Crippen molar-refractivity contribution in [3.63, 3.8) is 0 Å². The van der Waals surface area contributed by atoms with E-state index in [4.69, 9.17) is 33.7 Å². The number of hydrogen-bond donors (Lipinski definition) is 7. The van der Waals surface area contributed by atoms with Crippen LogP contribution >= 0.6 is 0 Å². The van der Waals surface area contributed by atoms with E-state index >= 15 is 0 Å². The molecule has 22 heteroatoms. The van der Waals surface area contributed by atoms with E-state index in [1.54, 1.807) is 48.5 Å². The zero-order chi connectivity index (χ0) is 47.2. The molecular formula is C44H57N11O11. The number of nitriles is 1. The van der Waals surface area contributed by atoms with Crippen LogP contribution in [0, 0.1) is 11.3 Å². The van der Waals surface area contributed by atoms with Crippen molar-refractivity contribution in [1.82, 2.24) is 46.7 Å². The fraction of sp³-hybridized carbons (Fsp3) is 0.432. The second-order valence-corrected chi connectivity index (χ2v) is 14.0. The van der Waals surface area contributed by atoms with Gasteiger partial charge in [-0.2, -0.15) is 10.4 Å². The Hall–Kier alpha value is -7.19. The highest BCUT2D eigenvalue weighted by molar-refractivity contribution is 5.93. The van der Waals surface area contributed by atoms with E-state index in [1.807, 2.05) is 19.1 Å². The van der Waals surface area contributed by atoms with E-state index in [0.717, 1.165) is 12.0 Å². The number of nitrogens with zero attached hydrogens (tertiary/aromatic N) is 4. The second kappa shape index (κ2) is 30.0. The summed E-state index contributed by atoms with van der Waals surface area (Å²) in [6.07, 6.45) is 4.25. The first-order chi connectivity index (χ1) is 32.2. The average molecular weight is 916 g/mol. The molecule has 0 spiro atoms. The van der Waals surface area contributed by atoms with Crippen LogP contribution in [0.2, 0.25) is 0 Å². The summed E-state index contributed by atoms with van der Waals surface area (Å²) >= 11 is 0. The summed E-state index contributed by atoms with van der Waals surface area (Å²) < 4.78 is 33.0. The summed E-state index contributed by atoms with van der Waals surface area (Å²) in [7, 11) is 1.53. The van der Waals surface area contributed by atoms with Gasteiger partial charge in [-0.1, -0.05) is 43.3 Å². The number of rotatable bonds is 32. The standard InChI is InChI=1S/C44H57N11O11/c1-3-14-62-16-17-63-18-19-64-20-21-65-30-42(59)50-27-40(57)49-29-41(58)52-34(22-31-9-5-4-6-10-31)44(60)51-28-39(56)46-13-8-15-66-36-12-7-11-35(61-2)43(36)33-23-37(55-54-33)53-38-26-47-32(24-45)25-48-38/h4-7,9-12,23,25-26,34H,3,8,13-22,27-30H2,1-2H3,(H,46,56)(H,49,57)(H,50,59)(H,51,60)(H,52,58)(H2,48,53,54,55)/t34-/m0/s1. The van der Waals surface area contributed by atoms with Gasteiger partial charge in [0.1, 0.15) is 36.0 Å². The first-order valence-electron chi connectivity index (χ1n) is 21.3. The van der Waals surface area contributed by atoms with E-state index < -0.39 is 48.7 Å². The molecule has 1 atom stereocenters. The van der Waals surface area contributed by atoms with Crippen LogP contribution in [0.25, 0.3) is 11.3 Å². The summed E-state index contributed by atoms with van der Waals surface area (Å²) in [6, 6.07) is 16.9. The number of H-pyrrole nitrogens is 1. The third-order valence-electron chi connectivity index (χ3n) is 8.93. The molecule has 66 heavy (non-hydrogen) atoms. The van der Waals surface area contributed by atoms with Crippen molar-refractivity contribution in [1.29, 1.82) is 5.26 Å². The van der Waals surface area contributed by atoms with Crippen LogP contribution in [0.15, 0.2) is 67.0 Å². The molecule has 0 aliphatic heterocycles. The lowest BCUT2D eigenvalue weighted by atomic mass is 10.1. The number of hydrogen-bond acceptors (Lipinski definition) is 16. The van der Waals surface area contributed by atoms with E-state index in [9.17, 15) is 24.0 Å². The Bertz CT molecular complexity index is 2150. The summed E-state index contributed by atoms with van der Waals surface area (Å²) in [5, 5.41) is 32.0. The third-order valence-corrected chi connectivity index (χ3v) is 8.93. The van der Waals surface area contributed by atoms with Crippen molar-refractivity contribution in [3.8, 4) is 28.8 Å². The summed E-state index contributed by atoms with van der Waals surface area (Å²) in [4.78, 5) is 71.4. The van der Waals surface area contributed by atoms with Crippen LogP contribution in [0.1, 0.15) is 31.0 Å². The predicted molar refractivity (Wildman–Crippen MR) is 238 cm³/mol. The monoisotopic (exact) mass is 915 g/mol. The molecule has 0 aliphatic carbocycles. The van der Waals surface area contributed by atoms with Gasteiger partial charge in [-0.3, -0.25) is 29.1 Å². The summed E-state index contributed by atoms with van der Waals surface area (Å²) in [5.74, 6) is -1.02. The number of aromatic nitrogens is 4. The number of nitrogens with one attached hydrogen (secondary N) is 7. The number of benzene rings is 2. The molecule has 0 unspecified atom stereocenters. The maximum atomic E-state index is 13.3. The minimum atomic E-state index is -1.07. The van der Waals surface area contributed by atoms with Crippen molar-refractivity contribution < 1.29 is 52.4 Å². The number of anilines is 2. The maximum Gasteiger partial charge on any atom is 0.246 e. The van der Waals surface area contributed by atoms with Gasteiger partial charge in [0, 0.05) is 25.6 Å². The van der Waals surface area contributed by atoms with Crippen LogP contribution in [-0.2, 0) is 49.3 Å². The number of ether oxygens (including phenoxy) is 6. The topological polar surface area (TPSA) is 291 Å². The molecule has 0 saturated carbocycles. The lowest BCUT2D eigenvalue weighted by Crippen LogP contribution is -2.52. The van der Waals surface area contributed by atoms with Gasteiger partial charge in [-0.25, -0.2) is 9.97 Å². The highest BCUT2D eigenvalue weighted by Crippen LogP contribution is 2.38. The van der Waals surface area contributed by atoms with E-state index in [-0.39, 0.29) is 51.6 Å². The average Bonchev–Trinajstić information content (AvgIpc) is 3.80. The molecule has 0 saturated heterocycles. The fourth-order valence-corrected chi connectivity index (χ4v) is 5.74. The number of carbonyl (C=O) groups excluding carboxylic acids is 5. The zero-order valence-corrected chi connectivity index (χ0v) is 37.0. The Balaban J connectivity index is 1.13. The minimum Gasteiger partial charge on any atom is -0.496 e. The predicted octanol–water partition coefficient (Wildman–Crippen LogP) is 0.928. The molecular weight excluding hydrogens is 859 g/mol. The van der Waals surface area contributed by atoms with Crippen molar-refractivity contribution in [2.75, 3.05) is 98.1 Å². The third kappa shape index (κ3) is 19.7. The van der Waals surface area contributed by atoms with E-state index in [1.165, 1.54) is 19.5 Å². The van der Waals surface area contributed by atoms with Gasteiger partial charge in [0.25, 0.3) is 0 Å². The summed E-state index contributed by atoms with van der Waals surface area (Å²) in [6.45, 7) is 3.91. The van der Waals surface area contributed by atoms with E-state index in [0.29, 0.717) is 73.8 Å². The minimum absolute atomic E-state index is 0.114. The van der Waals surface area contributed by atoms with Gasteiger partial charge < -0.3 is 60.3 Å². The molecule has 0 bridgehead atoms. The van der Waals surface area contributed by atoms with Gasteiger partial charge in [-0.15, -0.1) is 0 Å². The molecule has 0 aliphatic rings. The highest BCUT2D eigenvalue weighted by atomic mass is 16.6. The van der Waals surface area contributed by atoms with Gasteiger partial charge >= 0.3 is 0 Å². The van der Waals surface area contributed by atoms with Crippen molar-refractivity contribution in [2.24, 2.45) is 0 Å². The molecule has 0 fully saturated rings. The molecule has 4 rings (SSSR count). The van der Waals surface area contributed by atoms with Crippen LogP contribution in [0.3, 0.4) is 0 Å². The normalized spacial score (nSPS) is 11.1. The quantitative estimate of drug-likeness (QED) is 0.0336. The van der Waals surface area contributed by atoms with Gasteiger partial charge in [0.05, 0.1) is 96.6 Å². The highest BCUT2D eigenvalue weighted by Gasteiger charge is 2.22. The zero-order valence-electron chi connectivity index (χ0n) is 37.0. The largest absolute Gasteiger partial charge is 0.496 e. The Morgan fingerprint density at radius 1 is 0.712 bits per heavy atom. The number of carbonyl (C=O) groups is 5. The molecule has 5 amide bonds. The van der Waals surface area contributed by atoms with Crippen LogP contribution in [0.4, 0.5) is 11.6 Å². The van der Waals surface area contributed by atoms with Crippen LogP contribution in [-0.4, -0.2) is 148 Å². The molecule has 2 aromatic carbocycles. The molecule has 4 aromatic rings. The number of amides is 5. The van der Waals surface area contributed by atoms with Gasteiger partial charge in [0.15, 0.2) is 11.5 Å². The number of methoxy groups -OCH3 is 1. The Labute approximate surface area is 382 Å². The molecule has 7 N–H and O–H groups in total. The molecule has 0 radical (unpaired) electrons. The number of aromatic amines is 1. The lowest BCUT2D eigenvalue weighted by molar-refractivity contribution is -0.131. The Kier molecular flexibility index (Phi) is 23.4. The van der Waals surface area contributed by atoms with E-state index in [2.05, 4.69) is 52.1 Å². The second-order valence-electron chi connectivity index (χ2n) is 14.0. The molecule has 22 nitrogen and oxygen atoms in total. The summed E-state index contributed by atoms with van der Waals surface area (Å²) in [5.41, 5.74) is 2.14. The van der Waals surface area contributed by atoms with Gasteiger partial charge in [0.2, 0.25) is 29.5 Å². The van der Waals surface area contributed by atoms with Crippen molar-refractivity contribution >= 4 is 41.2 Å². The van der Waals surface area contributed by atoms with Crippen molar-refractivity contribution in [3.05, 3.63) is 78.2 Å². The fourth-order valence-electron chi connectivity index (χ4n) is 5.74.